The molecule has 1 spiro atoms. The van der Waals surface area contributed by atoms with Gasteiger partial charge in [0.05, 0.1) is 31.5 Å². The Morgan fingerprint density at radius 2 is 1.93 bits per heavy atom. The maximum atomic E-state index is 13.3. The molecule has 0 aromatic heterocycles. The average Bonchev–Trinajstić information content (AvgIpc) is 3.31. The van der Waals surface area contributed by atoms with Gasteiger partial charge < -0.3 is 14.4 Å². The molecule has 2 fully saturated rings. The fourth-order valence-corrected chi connectivity index (χ4v) is 4.60. The quantitative estimate of drug-likeness (QED) is 0.771. The van der Waals surface area contributed by atoms with Crippen LogP contribution in [0.1, 0.15) is 32.3 Å². The van der Waals surface area contributed by atoms with Crippen LogP contribution in [0.25, 0.3) is 0 Å². The van der Waals surface area contributed by atoms with Crippen molar-refractivity contribution >= 4 is 17.5 Å². The lowest BCUT2D eigenvalue weighted by Gasteiger charge is -2.36. The van der Waals surface area contributed by atoms with Crippen LogP contribution < -0.4 is 4.90 Å². The van der Waals surface area contributed by atoms with Crippen LogP contribution >= 0.6 is 0 Å². The predicted octanol–water partition coefficient (Wildman–Crippen LogP) is 1.77. The first-order valence-corrected chi connectivity index (χ1v) is 10.3. The number of hydrogen-bond donors (Lipinski definition) is 0. The lowest BCUT2D eigenvalue weighted by atomic mass is 9.96. The number of para-hydroxylation sites is 1. The van der Waals surface area contributed by atoms with Gasteiger partial charge in [0.2, 0.25) is 5.91 Å². The number of carbonyl (C=O) groups is 2. The van der Waals surface area contributed by atoms with Crippen LogP contribution in [0, 0.1) is 5.92 Å². The highest BCUT2D eigenvalue weighted by atomic mass is 16.7. The summed E-state index contributed by atoms with van der Waals surface area (Å²) in [4.78, 5) is 31.9. The molecule has 0 bridgehead atoms. The largest absolute Gasteiger partial charge is 0.343 e. The van der Waals surface area contributed by atoms with Gasteiger partial charge in [0.1, 0.15) is 0 Å². The van der Waals surface area contributed by atoms with Crippen molar-refractivity contribution in [3.63, 3.8) is 0 Å². The maximum Gasteiger partial charge on any atom is 0.293 e. The number of likely N-dealkylation sites (tertiary alicyclic amines) is 1. The minimum Gasteiger partial charge on any atom is -0.343 e. The molecule has 0 aliphatic carbocycles. The molecule has 2 saturated heterocycles. The van der Waals surface area contributed by atoms with Gasteiger partial charge in [-0.15, -0.1) is 0 Å². The molecule has 28 heavy (non-hydrogen) atoms. The van der Waals surface area contributed by atoms with Gasteiger partial charge in [0, 0.05) is 25.2 Å². The van der Waals surface area contributed by atoms with Crippen LogP contribution in [0.3, 0.4) is 0 Å². The number of piperidine rings is 1. The fourth-order valence-electron chi connectivity index (χ4n) is 4.60. The number of hydrogen-bond acceptors (Lipinski definition) is 5. The molecule has 7 heteroatoms. The van der Waals surface area contributed by atoms with Gasteiger partial charge in [-0.1, -0.05) is 18.2 Å². The molecule has 2 amide bonds. The third kappa shape index (κ3) is 3.11. The smallest absolute Gasteiger partial charge is 0.293 e. The van der Waals surface area contributed by atoms with Gasteiger partial charge >= 0.3 is 0 Å². The summed E-state index contributed by atoms with van der Waals surface area (Å²) in [5.74, 6) is -1.23. The van der Waals surface area contributed by atoms with Crippen LogP contribution in [0.2, 0.25) is 0 Å². The van der Waals surface area contributed by atoms with Crippen molar-refractivity contribution in [1.82, 2.24) is 9.80 Å². The Balaban J connectivity index is 1.51. The molecule has 1 atom stereocenters. The van der Waals surface area contributed by atoms with Crippen molar-refractivity contribution in [2.45, 2.75) is 32.5 Å². The number of amides is 2. The Bertz CT molecular complexity index is 743. The molecular formula is C21H29N3O4. The Kier molecular flexibility index (Phi) is 5.40. The number of ether oxygens (including phenoxy) is 2. The monoisotopic (exact) mass is 387 g/mol. The average molecular weight is 387 g/mol. The summed E-state index contributed by atoms with van der Waals surface area (Å²) < 4.78 is 11.6. The number of anilines is 1. The zero-order chi connectivity index (χ0) is 19.7. The van der Waals surface area contributed by atoms with E-state index in [-0.39, 0.29) is 17.7 Å². The lowest BCUT2D eigenvalue weighted by Crippen LogP contribution is -2.50. The van der Waals surface area contributed by atoms with E-state index in [0.717, 1.165) is 43.7 Å². The standard InChI is InChI=1S/C21H29N3O4/c1-3-23(4-2)19(25)16-8-7-11-22(14-16)15-24-18-10-6-5-9-17(18)21(20(24)26)27-12-13-28-21/h5-6,9-10,16H,3-4,7-8,11-15H2,1-2H3. The van der Waals surface area contributed by atoms with Gasteiger partial charge in [-0.3, -0.25) is 19.4 Å². The Morgan fingerprint density at radius 1 is 1.21 bits per heavy atom. The van der Waals surface area contributed by atoms with E-state index in [1.807, 2.05) is 43.0 Å². The van der Waals surface area contributed by atoms with Crippen molar-refractivity contribution in [3.8, 4) is 0 Å². The van der Waals surface area contributed by atoms with E-state index in [2.05, 4.69) is 4.90 Å². The van der Waals surface area contributed by atoms with Gasteiger partial charge in [0.15, 0.2) is 0 Å². The molecule has 1 aromatic carbocycles. The molecule has 3 aliphatic heterocycles. The molecule has 0 radical (unpaired) electrons. The predicted molar refractivity (Wildman–Crippen MR) is 105 cm³/mol. The van der Waals surface area contributed by atoms with Crippen molar-refractivity contribution in [2.24, 2.45) is 5.92 Å². The van der Waals surface area contributed by atoms with E-state index in [0.29, 0.717) is 26.4 Å². The minimum absolute atomic E-state index is 0.00506. The third-order valence-electron chi connectivity index (χ3n) is 6.04. The van der Waals surface area contributed by atoms with E-state index in [4.69, 9.17) is 9.47 Å². The molecule has 4 rings (SSSR count). The van der Waals surface area contributed by atoms with Crippen LogP contribution in [0.5, 0.6) is 0 Å². The number of fused-ring (bicyclic) bond motifs is 2. The van der Waals surface area contributed by atoms with E-state index < -0.39 is 5.79 Å². The van der Waals surface area contributed by atoms with Crippen molar-refractivity contribution in [3.05, 3.63) is 29.8 Å². The van der Waals surface area contributed by atoms with Crippen molar-refractivity contribution in [2.75, 3.05) is 51.0 Å². The second-order valence-corrected chi connectivity index (χ2v) is 7.63. The van der Waals surface area contributed by atoms with Crippen LogP contribution in [-0.4, -0.2) is 67.7 Å². The first kappa shape index (κ1) is 19.4. The van der Waals surface area contributed by atoms with Gasteiger partial charge in [-0.25, -0.2) is 0 Å². The minimum atomic E-state index is -1.29. The van der Waals surface area contributed by atoms with Crippen molar-refractivity contribution in [1.29, 1.82) is 0 Å². The molecule has 152 valence electrons. The zero-order valence-corrected chi connectivity index (χ0v) is 16.7. The Morgan fingerprint density at radius 3 is 2.64 bits per heavy atom. The normalized spacial score (nSPS) is 24.0. The molecule has 7 nitrogen and oxygen atoms in total. The third-order valence-corrected chi connectivity index (χ3v) is 6.04. The van der Waals surface area contributed by atoms with Crippen LogP contribution in [0.4, 0.5) is 5.69 Å². The molecule has 3 aliphatic rings. The molecule has 0 saturated carbocycles. The zero-order valence-electron chi connectivity index (χ0n) is 16.7. The van der Waals surface area contributed by atoms with Crippen LogP contribution in [-0.2, 0) is 24.8 Å². The molecule has 0 N–H and O–H groups in total. The molecule has 1 unspecified atom stereocenters. The van der Waals surface area contributed by atoms with E-state index >= 15 is 0 Å². The SMILES string of the molecule is CCN(CC)C(=O)C1CCCN(CN2C(=O)C3(OCCO3)c3ccccc32)C1. The first-order chi connectivity index (χ1) is 13.6. The molecule has 3 heterocycles. The summed E-state index contributed by atoms with van der Waals surface area (Å²) >= 11 is 0. The highest BCUT2D eigenvalue weighted by molar-refractivity contribution is 6.06. The highest BCUT2D eigenvalue weighted by Gasteiger charge is 2.56. The summed E-state index contributed by atoms with van der Waals surface area (Å²) in [6, 6.07) is 7.68. The molecular weight excluding hydrogens is 358 g/mol. The van der Waals surface area contributed by atoms with Gasteiger partial charge in [-0.05, 0) is 39.3 Å². The fraction of sp³-hybridized carbons (Fsp3) is 0.619. The van der Waals surface area contributed by atoms with E-state index in [1.54, 1.807) is 4.90 Å². The first-order valence-electron chi connectivity index (χ1n) is 10.3. The Hall–Kier alpha value is -1.96. The number of benzene rings is 1. The molecule has 1 aromatic rings. The van der Waals surface area contributed by atoms with Crippen LogP contribution in [0.15, 0.2) is 24.3 Å². The summed E-state index contributed by atoms with van der Waals surface area (Å²) in [7, 11) is 0. The number of rotatable bonds is 5. The second-order valence-electron chi connectivity index (χ2n) is 7.63. The van der Waals surface area contributed by atoms with Gasteiger partial charge in [-0.2, -0.15) is 0 Å². The van der Waals surface area contributed by atoms with Crippen molar-refractivity contribution < 1.29 is 19.1 Å². The second kappa shape index (κ2) is 7.81. The number of carbonyl (C=O) groups excluding carboxylic acids is 2. The van der Waals surface area contributed by atoms with E-state index in [1.165, 1.54) is 0 Å². The summed E-state index contributed by atoms with van der Waals surface area (Å²) in [6.07, 6.45) is 1.87. The highest BCUT2D eigenvalue weighted by Crippen LogP contribution is 2.45. The van der Waals surface area contributed by atoms with Gasteiger partial charge in [0.25, 0.3) is 11.7 Å². The topological polar surface area (TPSA) is 62.3 Å². The van der Waals surface area contributed by atoms with E-state index in [9.17, 15) is 9.59 Å². The summed E-state index contributed by atoms with van der Waals surface area (Å²) in [5.41, 5.74) is 1.62. The maximum absolute atomic E-state index is 13.3. The summed E-state index contributed by atoms with van der Waals surface area (Å²) in [5, 5.41) is 0. The Labute approximate surface area is 166 Å². The summed E-state index contributed by atoms with van der Waals surface area (Å²) in [6.45, 7) is 8.34. The lowest BCUT2D eigenvalue weighted by molar-refractivity contribution is -0.181. The number of nitrogens with zero attached hydrogens (tertiary/aromatic N) is 3.